The molecule has 0 heterocycles. The lowest BCUT2D eigenvalue weighted by Gasteiger charge is -2.04. The van der Waals surface area contributed by atoms with Crippen LogP contribution in [0.1, 0.15) is 26.3 Å². The van der Waals surface area contributed by atoms with Crippen LogP contribution in [0.2, 0.25) is 0 Å². The molecular formula is C16H13BrN2O3. The minimum Gasteiger partial charge on any atom is -0.465 e. The number of ether oxygens (including phenoxy) is 1. The van der Waals surface area contributed by atoms with E-state index in [1.54, 1.807) is 42.5 Å². The highest BCUT2D eigenvalue weighted by Gasteiger charge is 2.10. The van der Waals surface area contributed by atoms with Gasteiger partial charge < -0.3 is 4.74 Å². The zero-order valence-electron chi connectivity index (χ0n) is 11.7. The van der Waals surface area contributed by atoms with Crippen LogP contribution in [0.15, 0.2) is 58.1 Å². The maximum Gasteiger partial charge on any atom is 0.338 e. The molecule has 0 aromatic heterocycles. The van der Waals surface area contributed by atoms with Gasteiger partial charge in [0, 0.05) is 10.0 Å². The van der Waals surface area contributed by atoms with E-state index in [0.29, 0.717) is 21.2 Å². The van der Waals surface area contributed by atoms with Gasteiger partial charge in [-0.25, -0.2) is 10.2 Å². The van der Waals surface area contributed by atoms with Gasteiger partial charge in [-0.15, -0.1) is 0 Å². The molecule has 2 aromatic rings. The number of halogens is 1. The molecule has 0 atom stereocenters. The number of hydrogen-bond donors (Lipinski definition) is 1. The summed E-state index contributed by atoms with van der Waals surface area (Å²) in [6.07, 6.45) is 1.40. The summed E-state index contributed by atoms with van der Waals surface area (Å²) in [7, 11) is 1.31. The average Bonchev–Trinajstić information content (AvgIpc) is 2.55. The number of amides is 1. The highest BCUT2D eigenvalue weighted by Crippen LogP contribution is 2.15. The average molecular weight is 361 g/mol. The van der Waals surface area contributed by atoms with Crippen molar-refractivity contribution in [1.29, 1.82) is 0 Å². The van der Waals surface area contributed by atoms with Crippen molar-refractivity contribution in [1.82, 2.24) is 5.43 Å². The Bertz CT molecular complexity index is 729. The van der Waals surface area contributed by atoms with Crippen LogP contribution in [0.4, 0.5) is 0 Å². The third kappa shape index (κ3) is 3.79. The molecule has 0 aliphatic rings. The van der Waals surface area contributed by atoms with Gasteiger partial charge in [-0.05, 0) is 34.1 Å². The van der Waals surface area contributed by atoms with Crippen molar-refractivity contribution >= 4 is 34.0 Å². The number of benzene rings is 2. The summed E-state index contributed by atoms with van der Waals surface area (Å²) < 4.78 is 5.37. The van der Waals surface area contributed by atoms with Gasteiger partial charge in [0.25, 0.3) is 5.91 Å². The standard InChI is InChI=1S/C16H13BrN2O3/c1-22-16(21)12-7-3-2-6-11(12)10-18-19-15(20)13-8-4-5-9-14(13)17/h2-10H,1H3,(H,19,20)/b18-10-. The zero-order valence-corrected chi connectivity index (χ0v) is 13.3. The second-order valence-electron chi connectivity index (χ2n) is 4.26. The van der Waals surface area contributed by atoms with E-state index in [1.807, 2.05) is 6.07 Å². The quantitative estimate of drug-likeness (QED) is 0.517. The monoisotopic (exact) mass is 360 g/mol. The summed E-state index contributed by atoms with van der Waals surface area (Å²) in [4.78, 5) is 23.6. The minimum absolute atomic E-state index is 0.348. The molecule has 0 bridgehead atoms. The topological polar surface area (TPSA) is 67.8 Å². The summed E-state index contributed by atoms with van der Waals surface area (Å²) in [6.45, 7) is 0. The minimum atomic E-state index is -0.459. The summed E-state index contributed by atoms with van der Waals surface area (Å²) in [6, 6.07) is 13.9. The summed E-state index contributed by atoms with van der Waals surface area (Å²) >= 11 is 3.30. The fourth-order valence-electron chi connectivity index (χ4n) is 1.77. The Hall–Kier alpha value is -2.47. The van der Waals surface area contributed by atoms with E-state index in [-0.39, 0.29) is 5.91 Å². The van der Waals surface area contributed by atoms with Crippen LogP contribution < -0.4 is 5.43 Å². The summed E-state index contributed by atoms with van der Waals surface area (Å²) in [5.74, 6) is -0.807. The van der Waals surface area contributed by atoms with Crippen LogP contribution in [0.3, 0.4) is 0 Å². The molecule has 0 saturated carbocycles. The zero-order chi connectivity index (χ0) is 15.9. The molecule has 22 heavy (non-hydrogen) atoms. The van der Waals surface area contributed by atoms with Crippen LogP contribution in [0.5, 0.6) is 0 Å². The fourth-order valence-corrected chi connectivity index (χ4v) is 2.24. The molecule has 0 saturated heterocycles. The largest absolute Gasteiger partial charge is 0.465 e. The highest BCUT2D eigenvalue weighted by molar-refractivity contribution is 9.10. The molecule has 5 nitrogen and oxygen atoms in total. The van der Waals surface area contributed by atoms with Crippen molar-refractivity contribution in [3.05, 3.63) is 69.7 Å². The van der Waals surface area contributed by atoms with E-state index in [0.717, 1.165) is 0 Å². The van der Waals surface area contributed by atoms with Crippen molar-refractivity contribution in [2.45, 2.75) is 0 Å². The van der Waals surface area contributed by atoms with Gasteiger partial charge >= 0.3 is 5.97 Å². The Kier molecular flexibility index (Phi) is 5.43. The fraction of sp³-hybridized carbons (Fsp3) is 0.0625. The van der Waals surface area contributed by atoms with E-state index >= 15 is 0 Å². The number of nitrogens with zero attached hydrogens (tertiary/aromatic N) is 1. The molecule has 6 heteroatoms. The summed E-state index contributed by atoms with van der Waals surface area (Å²) in [5, 5.41) is 3.88. The number of esters is 1. The van der Waals surface area contributed by atoms with Crippen LogP contribution in [0.25, 0.3) is 0 Å². The van der Waals surface area contributed by atoms with Gasteiger partial charge in [0.1, 0.15) is 0 Å². The van der Waals surface area contributed by atoms with Crippen LogP contribution in [-0.4, -0.2) is 25.2 Å². The second-order valence-corrected chi connectivity index (χ2v) is 5.11. The predicted molar refractivity (Wildman–Crippen MR) is 87.0 cm³/mol. The molecule has 1 N–H and O–H groups in total. The van der Waals surface area contributed by atoms with Crippen molar-refractivity contribution in [2.75, 3.05) is 7.11 Å². The number of carbonyl (C=O) groups is 2. The van der Waals surface area contributed by atoms with Crippen molar-refractivity contribution in [3.8, 4) is 0 Å². The lowest BCUT2D eigenvalue weighted by Crippen LogP contribution is -2.18. The lowest BCUT2D eigenvalue weighted by molar-refractivity contribution is 0.0600. The Morgan fingerprint density at radius 3 is 2.41 bits per heavy atom. The first-order valence-electron chi connectivity index (χ1n) is 6.38. The SMILES string of the molecule is COC(=O)c1ccccc1/C=N\NC(=O)c1ccccc1Br. The third-order valence-electron chi connectivity index (χ3n) is 2.85. The van der Waals surface area contributed by atoms with E-state index in [9.17, 15) is 9.59 Å². The maximum absolute atomic E-state index is 12.0. The molecule has 1 amide bonds. The second kappa shape index (κ2) is 7.51. The van der Waals surface area contributed by atoms with E-state index in [2.05, 4.69) is 26.5 Å². The lowest BCUT2D eigenvalue weighted by atomic mass is 10.1. The smallest absolute Gasteiger partial charge is 0.338 e. The number of hydrogen-bond acceptors (Lipinski definition) is 4. The molecule has 0 unspecified atom stereocenters. The van der Waals surface area contributed by atoms with Gasteiger partial charge in [-0.2, -0.15) is 5.10 Å². The molecule has 2 aromatic carbocycles. The van der Waals surface area contributed by atoms with Crippen LogP contribution >= 0.6 is 15.9 Å². The molecular weight excluding hydrogens is 348 g/mol. The van der Waals surface area contributed by atoms with Gasteiger partial charge in [0.05, 0.1) is 24.5 Å². The first-order valence-corrected chi connectivity index (χ1v) is 7.18. The van der Waals surface area contributed by atoms with Crippen LogP contribution in [-0.2, 0) is 4.74 Å². The van der Waals surface area contributed by atoms with Gasteiger partial charge in [0.2, 0.25) is 0 Å². The van der Waals surface area contributed by atoms with Crippen molar-refractivity contribution < 1.29 is 14.3 Å². The summed E-state index contributed by atoms with van der Waals surface area (Å²) in [5.41, 5.74) is 3.83. The number of methoxy groups -OCH3 is 1. The maximum atomic E-state index is 12.0. The molecule has 0 aliphatic carbocycles. The van der Waals surface area contributed by atoms with Crippen LogP contribution in [0, 0.1) is 0 Å². The van der Waals surface area contributed by atoms with Gasteiger partial charge in [-0.3, -0.25) is 4.79 Å². The molecule has 2 rings (SSSR count). The molecule has 0 spiro atoms. The van der Waals surface area contributed by atoms with Gasteiger partial charge in [0.15, 0.2) is 0 Å². The Labute approximate surface area is 136 Å². The Morgan fingerprint density at radius 2 is 1.73 bits per heavy atom. The van der Waals surface area contributed by atoms with Crippen molar-refractivity contribution in [3.63, 3.8) is 0 Å². The van der Waals surface area contributed by atoms with Crippen molar-refractivity contribution in [2.24, 2.45) is 5.10 Å². The molecule has 0 fully saturated rings. The first-order chi connectivity index (χ1) is 10.6. The Morgan fingerprint density at radius 1 is 1.09 bits per heavy atom. The number of nitrogens with one attached hydrogen (secondary N) is 1. The normalized spacial score (nSPS) is 10.5. The number of carbonyl (C=O) groups excluding carboxylic acids is 2. The first kappa shape index (κ1) is 15.9. The van der Waals surface area contributed by atoms with E-state index in [4.69, 9.17) is 4.74 Å². The third-order valence-corrected chi connectivity index (χ3v) is 3.55. The van der Waals surface area contributed by atoms with E-state index in [1.165, 1.54) is 13.3 Å². The van der Waals surface area contributed by atoms with Gasteiger partial charge in [-0.1, -0.05) is 30.3 Å². The molecule has 0 radical (unpaired) electrons. The molecule has 112 valence electrons. The predicted octanol–water partition coefficient (Wildman–Crippen LogP) is 3.00. The number of rotatable bonds is 4. The molecule has 0 aliphatic heterocycles. The highest BCUT2D eigenvalue weighted by atomic mass is 79.9. The van der Waals surface area contributed by atoms with E-state index < -0.39 is 5.97 Å². The number of hydrazone groups is 1. The Balaban J connectivity index is 2.12.